The van der Waals surface area contributed by atoms with Gasteiger partial charge in [0.15, 0.2) is 0 Å². The number of benzene rings is 1. The van der Waals surface area contributed by atoms with Crippen molar-refractivity contribution < 1.29 is 0 Å². The van der Waals surface area contributed by atoms with E-state index in [2.05, 4.69) is 26.9 Å². The molecule has 4 heteroatoms. The Labute approximate surface area is 74.2 Å². The third-order valence-corrected chi connectivity index (χ3v) is 2.13. The SMILES string of the molecule is c1ccc(Cc2nnns2)cc1. The maximum Gasteiger partial charge on any atom is 0.142 e. The van der Waals surface area contributed by atoms with Crippen LogP contribution >= 0.6 is 11.5 Å². The molecule has 0 radical (unpaired) electrons. The molecular formula is C8H7N3S. The Kier molecular flexibility index (Phi) is 2.09. The van der Waals surface area contributed by atoms with E-state index < -0.39 is 0 Å². The van der Waals surface area contributed by atoms with Crippen molar-refractivity contribution >= 4 is 11.5 Å². The van der Waals surface area contributed by atoms with Crippen molar-refractivity contribution in [2.45, 2.75) is 6.42 Å². The van der Waals surface area contributed by atoms with Gasteiger partial charge in [-0.3, -0.25) is 0 Å². The van der Waals surface area contributed by atoms with Crippen LogP contribution in [0.25, 0.3) is 0 Å². The third kappa shape index (κ3) is 1.65. The predicted octanol–water partition coefficient (Wildman–Crippen LogP) is 1.52. The Morgan fingerprint density at radius 2 is 2.00 bits per heavy atom. The second-order valence-electron chi connectivity index (χ2n) is 2.42. The molecule has 0 bridgehead atoms. The average Bonchev–Trinajstić information content (AvgIpc) is 2.59. The van der Waals surface area contributed by atoms with Crippen molar-refractivity contribution in [1.82, 2.24) is 14.8 Å². The van der Waals surface area contributed by atoms with E-state index in [4.69, 9.17) is 0 Å². The molecule has 12 heavy (non-hydrogen) atoms. The van der Waals surface area contributed by atoms with Crippen LogP contribution in [-0.2, 0) is 6.42 Å². The molecule has 2 rings (SSSR count). The monoisotopic (exact) mass is 177 g/mol. The van der Waals surface area contributed by atoms with Gasteiger partial charge in [0.2, 0.25) is 0 Å². The highest BCUT2D eigenvalue weighted by molar-refractivity contribution is 7.05. The Hall–Kier alpha value is -1.29. The Morgan fingerprint density at radius 3 is 2.67 bits per heavy atom. The van der Waals surface area contributed by atoms with E-state index in [0.29, 0.717) is 0 Å². The number of hydrogen-bond acceptors (Lipinski definition) is 4. The lowest BCUT2D eigenvalue weighted by atomic mass is 10.2. The molecule has 0 N–H and O–H groups in total. The molecule has 0 spiro atoms. The maximum atomic E-state index is 3.87. The fraction of sp³-hybridized carbons (Fsp3) is 0.125. The van der Waals surface area contributed by atoms with Gasteiger partial charge in [0, 0.05) is 18.0 Å². The minimum absolute atomic E-state index is 0.832. The summed E-state index contributed by atoms with van der Waals surface area (Å²) in [5.41, 5.74) is 1.25. The number of nitrogens with zero attached hydrogens (tertiary/aromatic N) is 3. The van der Waals surface area contributed by atoms with Crippen LogP contribution in [-0.4, -0.2) is 14.8 Å². The lowest BCUT2D eigenvalue weighted by Gasteiger charge is -1.93. The first-order valence-electron chi connectivity index (χ1n) is 3.63. The van der Waals surface area contributed by atoms with Crippen LogP contribution in [0.1, 0.15) is 10.6 Å². The molecule has 0 saturated carbocycles. The number of rotatable bonds is 2. The van der Waals surface area contributed by atoms with Crippen LogP contribution < -0.4 is 0 Å². The van der Waals surface area contributed by atoms with E-state index in [0.717, 1.165) is 11.4 Å². The van der Waals surface area contributed by atoms with Crippen molar-refractivity contribution in [3.8, 4) is 0 Å². The predicted molar refractivity (Wildman–Crippen MR) is 47.0 cm³/mol. The zero-order chi connectivity index (χ0) is 8.23. The average molecular weight is 177 g/mol. The molecule has 0 aliphatic carbocycles. The van der Waals surface area contributed by atoms with Crippen LogP contribution in [0.3, 0.4) is 0 Å². The zero-order valence-corrected chi connectivity index (χ0v) is 7.16. The fourth-order valence-corrected chi connectivity index (χ4v) is 1.46. The molecule has 1 aromatic carbocycles. The Bertz CT molecular complexity index is 330. The van der Waals surface area contributed by atoms with Gasteiger partial charge in [-0.15, -0.1) is 5.10 Å². The number of aromatic nitrogens is 3. The second-order valence-corrected chi connectivity index (χ2v) is 3.24. The molecule has 60 valence electrons. The first-order valence-corrected chi connectivity index (χ1v) is 4.40. The van der Waals surface area contributed by atoms with E-state index in [9.17, 15) is 0 Å². The lowest BCUT2D eigenvalue weighted by Crippen LogP contribution is -1.85. The standard InChI is InChI=1S/C8H7N3S/c1-2-4-7(5-3-1)6-8-9-10-11-12-8/h1-5H,6H2. The molecule has 0 aliphatic rings. The van der Waals surface area contributed by atoms with Gasteiger partial charge in [-0.25, -0.2) is 0 Å². The third-order valence-electron chi connectivity index (χ3n) is 1.54. The summed E-state index contributed by atoms with van der Waals surface area (Å²) in [6, 6.07) is 10.2. The van der Waals surface area contributed by atoms with Gasteiger partial charge >= 0.3 is 0 Å². The van der Waals surface area contributed by atoms with Crippen molar-refractivity contribution in [1.29, 1.82) is 0 Å². The normalized spacial score (nSPS) is 10.0. The highest BCUT2D eigenvalue weighted by atomic mass is 32.1. The van der Waals surface area contributed by atoms with Crippen LogP contribution in [0.2, 0.25) is 0 Å². The molecule has 0 unspecified atom stereocenters. The van der Waals surface area contributed by atoms with Gasteiger partial charge in [0.25, 0.3) is 0 Å². The van der Waals surface area contributed by atoms with Crippen LogP contribution in [0, 0.1) is 0 Å². The summed E-state index contributed by atoms with van der Waals surface area (Å²) >= 11 is 1.35. The minimum Gasteiger partial charge on any atom is -0.121 e. The molecule has 0 fully saturated rings. The summed E-state index contributed by atoms with van der Waals surface area (Å²) in [4.78, 5) is 0. The van der Waals surface area contributed by atoms with E-state index in [-0.39, 0.29) is 0 Å². The molecule has 1 heterocycles. The molecule has 0 saturated heterocycles. The smallest absolute Gasteiger partial charge is 0.121 e. The van der Waals surface area contributed by atoms with Crippen molar-refractivity contribution in [2.24, 2.45) is 0 Å². The molecular weight excluding hydrogens is 170 g/mol. The summed E-state index contributed by atoms with van der Waals surface area (Å²) in [6.07, 6.45) is 0.832. The van der Waals surface area contributed by atoms with Crippen molar-refractivity contribution in [3.63, 3.8) is 0 Å². The number of hydrogen-bond donors (Lipinski definition) is 0. The van der Waals surface area contributed by atoms with Crippen molar-refractivity contribution in [3.05, 3.63) is 40.9 Å². The molecule has 0 amide bonds. The van der Waals surface area contributed by atoms with Gasteiger partial charge in [0.1, 0.15) is 5.01 Å². The topological polar surface area (TPSA) is 38.7 Å². The first kappa shape index (κ1) is 7.36. The minimum atomic E-state index is 0.832. The van der Waals surface area contributed by atoms with Crippen LogP contribution in [0.5, 0.6) is 0 Å². The van der Waals surface area contributed by atoms with E-state index in [1.54, 1.807) is 0 Å². The lowest BCUT2D eigenvalue weighted by molar-refractivity contribution is 0.919. The quantitative estimate of drug-likeness (QED) is 0.698. The summed E-state index contributed by atoms with van der Waals surface area (Å²) < 4.78 is 3.70. The first-order chi connectivity index (χ1) is 5.95. The van der Waals surface area contributed by atoms with Gasteiger partial charge in [-0.05, 0) is 10.8 Å². The summed E-state index contributed by atoms with van der Waals surface area (Å²) in [5.74, 6) is 0. The van der Waals surface area contributed by atoms with Crippen molar-refractivity contribution in [2.75, 3.05) is 0 Å². The van der Waals surface area contributed by atoms with Gasteiger partial charge in [-0.2, -0.15) is 0 Å². The molecule has 2 aromatic rings. The largest absolute Gasteiger partial charge is 0.142 e. The van der Waals surface area contributed by atoms with E-state index in [1.165, 1.54) is 17.1 Å². The Balaban J connectivity index is 2.15. The molecule has 0 aliphatic heterocycles. The Morgan fingerprint density at radius 1 is 1.17 bits per heavy atom. The summed E-state index contributed by atoms with van der Waals surface area (Å²) in [6.45, 7) is 0. The van der Waals surface area contributed by atoms with E-state index in [1.807, 2.05) is 18.2 Å². The maximum absolute atomic E-state index is 3.87. The zero-order valence-electron chi connectivity index (χ0n) is 6.34. The van der Waals surface area contributed by atoms with E-state index >= 15 is 0 Å². The van der Waals surface area contributed by atoms with Gasteiger partial charge in [-0.1, -0.05) is 34.8 Å². The molecule has 3 nitrogen and oxygen atoms in total. The molecule has 0 atom stereocenters. The van der Waals surface area contributed by atoms with Crippen LogP contribution in [0.4, 0.5) is 0 Å². The summed E-state index contributed by atoms with van der Waals surface area (Å²) in [5, 5.41) is 8.37. The van der Waals surface area contributed by atoms with Gasteiger partial charge in [0.05, 0.1) is 0 Å². The van der Waals surface area contributed by atoms with Crippen LogP contribution in [0.15, 0.2) is 30.3 Å². The fourth-order valence-electron chi connectivity index (χ4n) is 0.990. The highest BCUT2D eigenvalue weighted by Gasteiger charge is 1.98. The van der Waals surface area contributed by atoms with Gasteiger partial charge < -0.3 is 0 Å². The second kappa shape index (κ2) is 3.40. The summed E-state index contributed by atoms with van der Waals surface area (Å²) in [7, 11) is 0. The molecule has 1 aromatic heterocycles. The highest BCUT2D eigenvalue weighted by Crippen LogP contribution is 2.07.